The van der Waals surface area contributed by atoms with Crippen LogP contribution in [0.2, 0.25) is 0 Å². The number of rotatable bonds is 10. The maximum Gasteiger partial charge on any atom is 0.212 e. The van der Waals surface area contributed by atoms with E-state index in [0.717, 1.165) is 44.2 Å². The van der Waals surface area contributed by atoms with Crippen molar-refractivity contribution in [1.29, 1.82) is 0 Å². The lowest BCUT2D eigenvalue weighted by Gasteiger charge is -2.30. The number of hydrogen-bond acceptors (Lipinski definition) is 4. The molecule has 146 valence electrons. The molecule has 1 saturated carbocycles. The molecule has 26 heavy (non-hydrogen) atoms. The molecule has 0 amide bonds. The smallest absolute Gasteiger partial charge is 0.212 e. The minimum Gasteiger partial charge on any atom is -0.481 e. The quantitative estimate of drug-likeness (QED) is 0.380. The molecule has 0 bridgehead atoms. The number of aliphatic imine (C=N–C) groups is 1. The van der Waals surface area contributed by atoms with Crippen LogP contribution in [0.25, 0.3) is 0 Å². The van der Waals surface area contributed by atoms with E-state index in [4.69, 9.17) is 14.5 Å². The average molecular weight is 363 g/mol. The highest BCUT2D eigenvalue weighted by atomic mass is 16.5. The Bertz CT molecular complexity index is 539. The Labute approximate surface area is 157 Å². The Kier molecular flexibility index (Phi) is 8.68. The fourth-order valence-corrected chi connectivity index (χ4v) is 3.48. The molecule has 0 aliphatic heterocycles. The van der Waals surface area contributed by atoms with Crippen molar-refractivity contribution >= 4 is 5.96 Å². The first-order chi connectivity index (χ1) is 12.7. The van der Waals surface area contributed by atoms with Gasteiger partial charge in [0, 0.05) is 38.6 Å². The molecule has 2 N–H and O–H groups in total. The number of ether oxygens (including phenoxy) is 2. The Balaban J connectivity index is 1.92. The molecular formula is C20H34N4O2. The van der Waals surface area contributed by atoms with Crippen molar-refractivity contribution in [2.45, 2.75) is 52.5 Å². The lowest BCUT2D eigenvalue weighted by molar-refractivity contribution is 0.105. The van der Waals surface area contributed by atoms with E-state index in [9.17, 15) is 0 Å². The van der Waals surface area contributed by atoms with Crippen LogP contribution in [0, 0.1) is 5.41 Å². The van der Waals surface area contributed by atoms with E-state index in [2.05, 4.69) is 29.5 Å². The minimum absolute atomic E-state index is 0.340. The van der Waals surface area contributed by atoms with Gasteiger partial charge in [-0.15, -0.1) is 0 Å². The largest absolute Gasteiger partial charge is 0.481 e. The maximum absolute atomic E-state index is 5.61. The van der Waals surface area contributed by atoms with Gasteiger partial charge in [0.2, 0.25) is 5.88 Å². The number of nitrogens with one attached hydrogen (secondary N) is 2. The van der Waals surface area contributed by atoms with Crippen LogP contribution in [0.5, 0.6) is 5.88 Å². The molecule has 1 aromatic rings. The van der Waals surface area contributed by atoms with Crippen molar-refractivity contribution in [1.82, 2.24) is 15.6 Å². The molecule has 6 heteroatoms. The van der Waals surface area contributed by atoms with Gasteiger partial charge in [-0.1, -0.05) is 18.9 Å². The number of pyridine rings is 1. The molecule has 1 heterocycles. The van der Waals surface area contributed by atoms with Gasteiger partial charge in [0.1, 0.15) is 0 Å². The predicted octanol–water partition coefficient (Wildman–Crippen LogP) is 3.13. The summed E-state index contributed by atoms with van der Waals surface area (Å²) in [6, 6.07) is 3.87. The number of aromatic nitrogens is 1. The number of methoxy groups -OCH3 is 1. The zero-order valence-corrected chi connectivity index (χ0v) is 16.5. The maximum atomic E-state index is 5.61. The molecule has 1 fully saturated rings. The first-order valence-corrected chi connectivity index (χ1v) is 9.80. The summed E-state index contributed by atoms with van der Waals surface area (Å²) < 4.78 is 10.7. The fourth-order valence-electron chi connectivity index (χ4n) is 3.48. The second-order valence-corrected chi connectivity index (χ2v) is 6.91. The van der Waals surface area contributed by atoms with Crippen LogP contribution >= 0.6 is 0 Å². The van der Waals surface area contributed by atoms with Crippen LogP contribution in [0.15, 0.2) is 23.3 Å². The summed E-state index contributed by atoms with van der Waals surface area (Å²) in [6.45, 7) is 8.19. The third kappa shape index (κ3) is 6.48. The van der Waals surface area contributed by atoms with E-state index in [1.165, 1.54) is 25.7 Å². The van der Waals surface area contributed by atoms with Crippen molar-refractivity contribution in [2.75, 3.05) is 33.4 Å². The van der Waals surface area contributed by atoms with Crippen molar-refractivity contribution in [3.05, 3.63) is 23.9 Å². The molecule has 0 aromatic carbocycles. The van der Waals surface area contributed by atoms with Gasteiger partial charge in [-0.25, -0.2) is 9.98 Å². The van der Waals surface area contributed by atoms with Crippen molar-refractivity contribution in [3.63, 3.8) is 0 Å². The summed E-state index contributed by atoms with van der Waals surface area (Å²) in [6.07, 6.45) is 8.11. The second-order valence-electron chi connectivity index (χ2n) is 6.91. The number of guanidine groups is 1. The summed E-state index contributed by atoms with van der Waals surface area (Å²) >= 11 is 0. The predicted molar refractivity (Wildman–Crippen MR) is 106 cm³/mol. The molecule has 0 unspecified atom stereocenters. The fraction of sp³-hybridized carbons (Fsp3) is 0.700. The van der Waals surface area contributed by atoms with Crippen LogP contribution in [0.4, 0.5) is 0 Å². The number of hydrogen-bond donors (Lipinski definition) is 2. The standard InChI is InChI=1S/C20H34N4O2/c1-4-21-19(23-15-17-8-9-18(25-3)22-14-17)24-16-20(10-6-7-11-20)12-13-26-5-2/h8-9,14H,4-7,10-13,15-16H2,1-3H3,(H2,21,23,24). The third-order valence-corrected chi connectivity index (χ3v) is 5.05. The second kappa shape index (κ2) is 11.0. The molecular weight excluding hydrogens is 328 g/mol. The monoisotopic (exact) mass is 362 g/mol. The van der Waals surface area contributed by atoms with Crippen LogP contribution < -0.4 is 15.4 Å². The van der Waals surface area contributed by atoms with Gasteiger partial charge >= 0.3 is 0 Å². The Morgan fingerprint density at radius 1 is 1.23 bits per heavy atom. The van der Waals surface area contributed by atoms with Gasteiger partial charge in [-0.3, -0.25) is 0 Å². The summed E-state index contributed by atoms with van der Waals surface area (Å²) in [5.74, 6) is 1.49. The van der Waals surface area contributed by atoms with E-state index >= 15 is 0 Å². The third-order valence-electron chi connectivity index (χ3n) is 5.05. The zero-order chi connectivity index (χ0) is 18.7. The molecule has 0 saturated heterocycles. The van der Waals surface area contributed by atoms with Crippen molar-refractivity contribution in [3.8, 4) is 5.88 Å². The summed E-state index contributed by atoms with van der Waals surface area (Å²) in [5.41, 5.74) is 1.41. The van der Waals surface area contributed by atoms with E-state index in [1.807, 2.05) is 18.3 Å². The highest BCUT2D eigenvalue weighted by Crippen LogP contribution is 2.40. The van der Waals surface area contributed by atoms with Gasteiger partial charge in [-0.05, 0) is 44.1 Å². The average Bonchev–Trinajstić information content (AvgIpc) is 3.14. The van der Waals surface area contributed by atoms with Gasteiger partial charge in [0.15, 0.2) is 5.96 Å². The molecule has 0 radical (unpaired) electrons. The number of nitrogens with zero attached hydrogens (tertiary/aromatic N) is 2. The Hall–Kier alpha value is -1.82. The van der Waals surface area contributed by atoms with Crippen LogP contribution in [0.1, 0.15) is 51.5 Å². The summed E-state index contributed by atoms with van der Waals surface area (Å²) in [7, 11) is 1.62. The molecule has 0 spiro atoms. The first kappa shape index (κ1) is 20.5. The lowest BCUT2D eigenvalue weighted by Crippen LogP contribution is -2.43. The van der Waals surface area contributed by atoms with Crippen molar-refractivity contribution < 1.29 is 9.47 Å². The van der Waals surface area contributed by atoms with Gasteiger partial charge in [-0.2, -0.15) is 0 Å². The zero-order valence-electron chi connectivity index (χ0n) is 16.5. The molecule has 6 nitrogen and oxygen atoms in total. The normalized spacial score (nSPS) is 16.5. The minimum atomic E-state index is 0.340. The first-order valence-electron chi connectivity index (χ1n) is 9.80. The van der Waals surface area contributed by atoms with Crippen LogP contribution in [-0.4, -0.2) is 44.4 Å². The summed E-state index contributed by atoms with van der Waals surface area (Å²) in [4.78, 5) is 8.95. The van der Waals surface area contributed by atoms with E-state index < -0.39 is 0 Å². The van der Waals surface area contributed by atoms with E-state index in [-0.39, 0.29) is 0 Å². The molecule has 1 aromatic heterocycles. The van der Waals surface area contributed by atoms with Crippen LogP contribution in [0.3, 0.4) is 0 Å². The summed E-state index contributed by atoms with van der Waals surface area (Å²) in [5, 5.41) is 6.91. The highest BCUT2D eigenvalue weighted by Gasteiger charge is 2.33. The molecule has 1 aliphatic rings. The van der Waals surface area contributed by atoms with Gasteiger partial charge in [0.25, 0.3) is 0 Å². The van der Waals surface area contributed by atoms with E-state index in [0.29, 0.717) is 17.8 Å². The van der Waals surface area contributed by atoms with Gasteiger partial charge in [0.05, 0.1) is 13.7 Å². The van der Waals surface area contributed by atoms with Gasteiger partial charge < -0.3 is 20.1 Å². The SMILES string of the molecule is CCNC(=NCc1ccc(OC)nc1)NCC1(CCOCC)CCCC1. The lowest BCUT2D eigenvalue weighted by atomic mass is 9.83. The topological polar surface area (TPSA) is 67.8 Å². The van der Waals surface area contributed by atoms with Crippen LogP contribution in [-0.2, 0) is 11.3 Å². The highest BCUT2D eigenvalue weighted by molar-refractivity contribution is 5.79. The molecule has 2 rings (SSSR count). The van der Waals surface area contributed by atoms with E-state index in [1.54, 1.807) is 7.11 Å². The molecule has 1 aliphatic carbocycles. The van der Waals surface area contributed by atoms with Crippen molar-refractivity contribution in [2.24, 2.45) is 10.4 Å². The Morgan fingerprint density at radius 3 is 2.65 bits per heavy atom. The Morgan fingerprint density at radius 2 is 2.04 bits per heavy atom. The molecule has 0 atom stereocenters.